The lowest BCUT2D eigenvalue weighted by Gasteiger charge is -2.45. The first-order valence-electron chi connectivity index (χ1n) is 25.6. The Morgan fingerprint density at radius 3 is 1.44 bits per heavy atom. The van der Waals surface area contributed by atoms with Crippen molar-refractivity contribution in [1.29, 1.82) is 0 Å². The van der Waals surface area contributed by atoms with Gasteiger partial charge in [0.05, 0.1) is 12.1 Å². The number of hydroxylamine groups is 4. The van der Waals surface area contributed by atoms with E-state index in [9.17, 15) is 0 Å². The summed E-state index contributed by atoms with van der Waals surface area (Å²) in [5, 5.41) is 4.54. The minimum absolute atomic E-state index is 0.0145. The van der Waals surface area contributed by atoms with Crippen LogP contribution in [0.5, 0.6) is 0 Å². The third-order valence-corrected chi connectivity index (χ3v) is 14.6. The van der Waals surface area contributed by atoms with Gasteiger partial charge in [-0.2, -0.15) is 10.1 Å². The van der Waals surface area contributed by atoms with E-state index in [0.717, 1.165) is 24.9 Å². The van der Waals surface area contributed by atoms with E-state index in [4.69, 9.17) is 9.68 Å². The Hall–Kier alpha value is -6.40. The van der Waals surface area contributed by atoms with Crippen molar-refractivity contribution in [3.05, 3.63) is 286 Å². The second-order valence-corrected chi connectivity index (χ2v) is 20.2. The summed E-state index contributed by atoms with van der Waals surface area (Å²) in [5.41, 5.74) is 12.6. The van der Waals surface area contributed by atoms with Gasteiger partial charge >= 0.3 is 0 Å². The van der Waals surface area contributed by atoms with Gasteiger partial charge in [-0.15, -0.1) is 0 Å². The Bertz CT molecular complexity index is 2800. The van der Waals surface area contributed by atoms with E-state index < -0.39 is 5.60 Å². The van der Waals surface area contributed by atoms with Crippen molar-refractivity contribution in [2.24, 2.45) is 0 Å². The average Bonchev–Trinajstić information content (AvgIpc) is 3.41. The van der Waals surface area contributed by atoms with Gasteiger partial charge in [-0.05, 0) is 108 Å². The molecule has 0 bridgehead atoms. The number of benzene rings is 8. The van der Waals surface area contributed by atoms with Crippen LogP contribution in [0.15, 0.2) is 231 Å². The molecule has 0 saturated heterocycles. The van der Waals surface area contributed by atoms with Crippen LogP contribution in [0, 0.1) is 0 Å². The number of nitrogens with zero attached hydrogens (tertiary/aromatic N) is 2. The van der Waals surface area contributed by atoms with Crippen LogP contribution in [0.1, 0.15) is 133 Å². The van der Waals surface area contributed by atoms with Gasteiger partial charge in [-0.3, -0.25) is 9.68 Å². The molecule has 4 atom stereocenters. The summed E-state index contributed by atoms with van der Waals surface area (Å²) in [5.74, 6) is 0.389. The first-order chi connectivity index (χ1) is 34.2. The third-order valence-electron chi connectivity index (χ3n) is 14.6. The molecule has 0 aliphatic heterocycles. The van der Waals surface area contributed by atoms with Gasteiger partial charge < -0.3 is 0 Å². The molecule has 2 aliphatic rings. The van der Waals surface area contributed by atoms with E-state index in [1.165, 1.54) is 75.8 Å². The monoisotopic (exact) mass is 923 g/mol. The maximum atomic E-state index is 7.14. The molecule has 0 radical (unpaired) electrons. The highest BCUT2D eigenvalue weighted by Gasteiger charge is 2.41. The first-order valence-corrected chi connectivity index (χ1v) is 25.6. The normalized spacial score (nSPS) is 16.6. The van der Waals surface area contributed by atoms with Crippen molar-refractivity contribution >= 4 is 0 Å². The summed E-state index contributed by atoms with van der Waals surface area (Å²) in [7, 11) is 0. The quantitative estimate of drug-likeness (QED) is 0.0902. The van der Waals surface area contributed by atoms with Crippen LogP contribution >= 0.6 is 0 Å². The lowest BCUT2D eigenvalue weighted by molar-refractivity contribution is -0.277. The molecule has 70 heavy (non-hydrogen) atoms. The fourth-order valence-corrected chi connectivity index (χ4v) is 11.0. The third kappa shape index (κ3) is 11.8. The largest absolute Gasteiger partial charge is 0.290 e. The molecular weight excluding hydrogens is 853 g/mol. The average molecular weight is 923 g/mol. The van der Waals surface area contributed by atoms with Gasteiger partial charge in [0.15, 0.2) is 0 Å². The molecule has 4 unspecified atom stereocenters. The zero-order valence-electron chi connectivity index (χ0n) is 41.6. The molecule has 8 aromatic carbocycles. The summed E-state index contributed by atoms with van der Waals surface area (Å²) < 4.78 is 0. The Morgan fingerprint density at radius 2 is 0.871 bits per heavy atom. The SMILES string of the molecule is CC(C)(ON(Cc1ccccc1)C(c1ccccc1)C(C)(C)c1ccccc1)c1ccccc1.c1ccc(CN(OC2CCCc3ccccc32)C(c2ccccc2)C2CCCc3ccccc32)cc1. The van der Waals surface area contributed by atoms with Crippen LogP contribution in [0.4, 0.5) is 0 Å². The smallest absolute Gasteiger partial charge is 0.109 e. The van der Waals surface area contributed by atoms with Crippen molar-refractivity contribution < 1.29 is 9.68 Å². The highest BCUT2D eigenvalue weighted by Crippen LogP contribution is 2.47. The number of hydrogen-bond acceptors (Lipinski definition) is 4. The molecule has 4 heteroatoms. The molecule has 0 saturated carbocycles. The molecule has 0 amide bonds. The summed E-state index contributed by atoms with van der Waals surface area (Å²) in [6.07, 6.45) is 7.02. The second kappa shape index (κ2) is 23.0. The number of fused-ring (bicyclic) bond motifs is 2. The molecule has 0 aromatic heterocycles. The molecule has 8 aromatic rings. The van der Waals surface area contributed by atoms with Crippen LogP contribution in [0.25, 0.3) is 0 Å². The van der Waals surface area contributed by atoms with Gasteiger partial charge in [0.2, 0.25) is 0 Å². The summed E-state index contributed by atoms with van der Waals surface area (Å²) in [6, 6.07) is 82.5. The van der Waals surface area contributed by atoms with E-state index in [1.807, 2.05) is 6.07 Å². The minimum atomic E-state index is -0.504. The van der Waals surface area contributed by atoms with Crippen molar-refractivity contribution in [1.82, 2.24) is 10.1 Å². The van der Waals surface area contributed by atoms with E-state index in [2.05, 4.69) is 262 Å². The molecule has 356 valence electrons. The highest BCUT2D eigenvalue weighted by atomic mass is 16.7. The van der Waals surface area contributed by atoms with Gasteiger partial charge in [0.1, 0.15) is 11.7 Å². The predicted octanol–water partition coefficient (Wildman–Crippen LogP) is 16.4. The van der Waals surface area contributed by atoms with Gasteiger partial charge in [-0.1, -0.05) is 244 Å². The zero-order chi connectivity index (χ0) is 48.2. The Balaban J connectivity index is 0.000000174. The molecule has 0 heterocycles. The Morgan fingerprint density at radius 1 is 0.443 bits per heavy atom. The number of rotatable bonds is 16. The van der Waals surface area contributed by atoms with Crippen LogP contribution in [0.3, 0.4) is 0 Å². The van der Waals surface area contributed by atoms with Crippen LogP contribution < -0.4 is 0 Å². The molecule has 0 fully saturated rings. The van der Waals surface area contributed by atoms with E-state index in [-0.39, 0.29) is 23.6 Å². The van der Waals surface area contributed by atoms with Gasteiger partial charge in [-0.25, -0.2) is 0 Å². The van der Waals surface area contributed by atoms with Crippen molar-refractivity contribution in [3.63, 3.8) is 0 Å². The standard InChI is InChI=1S/C34H35NO.C32H35NO/c1-3-13-26(14-4-1)25-35(36-33-24-12-20-28-16-8-10-22-31(28)33)34(29-17-5-2-6-18-29)32-23-11-19-27-15-7-9-21-30(27)32;1-31(2,28-21-13-7-14-22-28)30(27-19-11-6-12-20-27)33(25-26-17-9-5-10-18-26)34-32(3,4)29-23-15-8-16-24-29/h1-10,13-18,21-22,32-34H,11-12,19-20,23-25H2;5-24,30H,25H2,1-4H3. The predicted molar refractivity (Wildman–Crippen MR) is 288 cm³/mol. The Kier molecular flexibility index (Phi) is 16.0. The zero-order valence-corrected chi connectivity index (χ0v) is 41.6. The maximum absolute atomic E-state index is 7.14. The minimum Gasteiger partial charge on any atom is -0.290 e. The topological polar surface area (TPSA) is 24.9 Å². The molecule has 0 N–H and O–H groups in total. The summed E-state index contributed by atoms with van der Waals surface area (Å²) in [4.78, 5) is 14.1. The van der Waals surface area contributed by atoms with Crippen LogP contribution in [-0.4, -0.2) is 10.1 Å². The second-order valence-electron chi connectivity index (χ2n) is 20.2. The van der Waals surface area contributed by atoms with E-state index in [1.54, 1.807) is 0 Å². The molecular formula is C66H70N2O2. The number of aryl methyl sites for hydroxylation is 2. The lowest BCUT2D eigenvalue weighted by atomic mass is 9.74. The summed E-state index contributed by atoms with van der Waals surface area (Å²) >= 11 is 0. The van der Waals surface area contributed by atoms with Gasteiger partial charge in [0.25, 0.3) is 0 Å². The van der Waals surface area contributed by atoms with Crippen molar-refractivity contribution in [2.45, 2.75) is 114 Å². The van der Waals surface area contributed by atoms with Crippen molar-refractivity contribution in [2.75, 3.05) is 0 Å². The van der Waals surface area contributed by atoms with E-state index >= 15 is 0 Å². The fraction of sp³-hybridized carbons (Fsp3) is 0.273. The maximum Gasteiger partial charge on any atom is 0.109 e. The number of hydrogen-bond donors (Lipinski definition) is 0. The van der Waals surface area contributed by atoms with Gasteiger partial charge in [0, 0.05) is 24.4 Å². The Labute approximate surface area is 418 Å². The molecule has 0 spiro atoms. The highest BCUT2D eigenvalue weighted by molar-refractivity contribution is 5.38. The fourth-order valence-electron chi connectivity index (χ4n) is 11.0. The van der Waals surface area contributed by atoms with E-state index in [0.29, 0.717) is 12.5 Å². The van der Waals surface area contributed by atoms with Crippen LogP contribution in [0.2, 0.25) is 0 Å². The molecule has 10 rings (SSSR count). The summed E-state index contributed by atoms with van der Waals surface area (Å²) in [6.45, 7) is 10.4. The van der Waals surface area contributed by atoms with Crippen LogP contribution in [-0.2, 0) is 46.6 Å². The first kappa shape index (κ1) is 48.6. The molecule has 4 nitrogen and oxygen atoms in total. The lowest BCUT2D eigenvalue weighted by Crippen LogP contribution is -2.44. The molecule has 2 aliphatic carbocycles. The van der Waals surface area contributed by atoms with Crippen molar-refractivity contribution in [3.8, 4) is 0 Å².